The average Bonchev–Trinajstić information content (AvgIpc) is 3.13. The number of ether oxygens (including phenoxy) is 1. The van der Waals surface area contributed by atoms with Crippen molar-refractivity contribution in [3.8, 4) is 0 Å². The van der Waals surface area contributed by atoms with Crippen LogP contribution in [0.15, 0.2) is 53.1 Å². The molecule has 2 aromatic carbocycles. The zero-order valence-corrected chi connectivity index (χ0v) is 16.3. The van der Waals surface area contributed by atoms with Crippen LogP contribution < -0.4 is 10.6 Å². The van der Waals surface area contributed by atoms with E-state index in [0.29, 0.717) is 16.8 Å². The Kier molecular flexibility index (Phi) is 6.29. The molecule has 0 saturated heterocycles. The number of esters is 1. The molecule has 0 aliphatic rings. The van der Waals surface area contributed by atoms with Crippen LogP contribution in [0.5, 0.6) is 0 Å². The van der Waals surface area contributed by atoms with Gasteiger partial charge in [0.2, 0.25) is 0 Å². The quantitative estimate of drug-likeness (QED) is 0.600. The fourth-order valence-corrected chi connectivity index (χ4v) is 2.92. The first-order chi connectivity index (χ1) is 14.0. The van der Waals surface area contributed by atoms with Crippen molar-refractivity contribution in [2.75, 3.05) is 19.0 Å². The third-order valence-corrected chi connectivity index (χ3v) is 4.46. The fraction of sp³-hybridized carbons (Fsp3) is 0.227. The van der Waals surface area contributed by atoms with Crippen LogP contribution >= 0.6 is 0 Å². The van der Waals surface area contributed by atoms with E-state index >= 15 is 0 Å². The Morgan fingerprint density at radius 2 is 1.93 bits per heavy atom. The second kappa shape index (κ2) is 9.05. The summed E-state index contributed by atoms with van der Waals surface area (Å²) < 4.78 is 10.6. The highest BCUT2D eigenvalue weighted by Gasteiger charge is 2.14. The minimum absolute atomic E-state index is 0.0118. The number of benzene rings is 2. The molecule has 0 atom stereocenters. The zero-order valence-electron chi connectivity index (χ0n) is 16.3. The van der Waals surface area contributed by atoms with E-state index in [1.54, 1.807) is 24.3 Å². The van der Waals surface area contributed by atoms with Gasteiger partial charge < -0.3 is 19.8 Å². The normalized spacial score (nSPS) is 10.6. The summed E-state index contributed by atoms with van der Waals surface area (Å²) in [6, 6.07) is 12.3. The number of amides is 2. The Labute approximate surface area is 168 Å². The van der Waals surface area contributed by atoms with Crippen molar-refractivity contribution in [2.24, 2.45) is 0 Å². The first kappa shape index (κ1) is 20.1. The summed E-state index contributed by atoms with van der Waals surface area (Å²) >= 11 is 0. The van der Waals surface area contributed by atoms with Gasteiger partial charge in [0.1, 0.15) is 5.58 Å². The first-order valence-corrected chi connectivity index (χ1v) is 9.26. The van der Waals surface area contributed by atoms with Crippen molar-refractivity contribution in [2.45, 2.75) is 19.8 Å². The monoisotopic (exact) mass is 394 g/mol. The van der Waals surface area contributed by atoms with Gasteiger partial charge in [0.15, 0.2) is 6.61 Å². The molecule has 150 valence electrons. The van der Waals surface area contributed by atoms with Gasteiger partial charge in [0.25, 0.3) is 11.8 Å². The third-order valence-electron chi connectivity index (χ3n) is 4.46. The topological polar surface area (TPSA) is 97.6 Å². The number of nitrogens with one attached hydrogen (secondary N) is 2. The van der Waals surface area contributed by atoms with Gasteiger partial charge in [-0.1, -0.05) is 25.1 Å². The van der Waals surface area contributed by atoms with Crippen molar-refractivity contribution in [1.29, 1.82) is 0 Å². The van der Waals surface area contributed by atoms with Crippen LogP contribution in [0.3, 0.4) is 0 Å². The standard InChI is InChI=1S/C22H22N2O5/c1-3-14-7-8-18-16(12-28-19(18)9-14)11-21(26)29-13-20(25)24-17-6-4-5-15(10-17)22(27)23-2/h4-10,12H,3,11,13H2,1-2H3,(H,23,27)(H,24,25). The number of aryl methyl sites for hydroxylation is 1. The highest BCUT2D eigenvalue weighted by Crippen LogP contribution is 2.23. The Morgan fingerprint density at radius 1 is 1.10 bits per heavy atom. The molecule has 0 spiro atoms. The maximum atomic E-state index is 12.1. The molecule has 1 aromatic heterocycles. The molecule has 3 aromatic rings. The highest BCUT2D eigenvalue weighted by atomic mass is 16.5. The molecule has 0 fully saturated rings. The molecule has 0 unspecified atom stereocenters. The van der Waals surface area contributed by atoms with Gasteiger partial charge in [0, 0.05) is 29.2 Å². The van der Waals surface area contributed by atoms with E-state index in [2.05, 4.69) is 17.6 Å². The van der Waals surface area contributed by atoms with E-state index in [9.17, 15) is 14.4 Å². The Hall–Kier alpha value is -3.61. The molecule has 2 amide bonds. The Balaban J connectivity index is 1.54. The van der Waals surface area contributed by atoms with Crippen molar-refractivity contribution in [1.82, 2.24) is 5.32 Å². The molecule has 0 aliphatic carbocycles. The molecule has 0 aliphatic heterocycles. The summed E-state index contributed by atoms with van der Waals surface area (Å²) in [6.45, 7) is 1.64. The molecule has 7 heteroatoms. The Bertz CT molecular complexity index is 1050. The molecule has 1 heterocycles. The highest BCUT2D eigenvalue weighted by molar-refractivity contribution is 5.97. The summed E-state index contributed by atoms with van der Waals surface area (Å²) in [6.07, 6.45) is 2.45. The molecule has 0 saturated carbocycles. The molecule has 3 rings (SSSR count). The summed E-state index contributed by atoms with van der Waals surface area (Å²) in [5, 5.41) is 5.97. The number of rotatable bonds is 7. The van der Waals surface area contributed by atoms with Crippen molar-refractivity contribution in [3.63, 3.8) is 0 Å². The van der Waals surface area contributed by atoms with Gasteiger partial charge in [-0.2, -0.15) is 0 Å². The van der Waals surface area contributed by atoms with Gasteiger partial charge >= 0.3 is 5.97 Å². The second-order valence-electron chi connectivity index (χ2n) is 6.49. The zero-order chi connectivity index (χ0) is 20.8. The number of anilines is 1. The van der Waals surface area contributed by atoms with E-state index < -0.39 is 18.5 Å². The van der Waals surface area contributed by atoms with Crippen LogP contribution in [-0.2, 0) is 27.2 Å². The van der Waals surface area contributed by atoms with Crippen LogP contribution in [0, 0.1) is 0 Å². The molecule has 0 bridgehead atoms. The number of carbonyl (C=O) groups is 3. The summed E-state index contributed by atoms with van der Waals surface area (Å²) in [5.41, 5.74) is 3.45. The van der Waals surface area contributed by atoms with Crippen LogP contribution in [0.25, 0.3) is 11.0 Å². The van der Waals surface area contributed by atoms with Gasteiger partial charge in [-0.25, -0.2) is 0 Å². The fourth-order valence-electron chi connectivity index (χ4n) is 2.92. The maximum Gasteiger partial charge on any atom is 0.310 e. The average molecular weight is 394 g/mol. The third kappa shape index (κ3) is 5.01. The Morgan fingerprint density at radius 3 is 2.69 bits per heavy atom. The molecule has 7 nitrogen and oxygen atoms in total. The summed E-state index contributed by atoms with van der Waals surface area (Å²) in [5.74, 6) is -1.27. The predicted molar refractivity (Wildman–Crippen MR) is 109 cm³/mol. The maximum absolute atomic E-state index is 12.1. The van der Waals surface area contributed by atoms with Gasteiger partial charge in [-0.05, 0) is 36.2 Å². The minimum Gasteiger partial charge on any atom is -0.464 e. The van der Waals surface area contributed by atoms with E-state index in [1.807, 2.05) is 18.2 Å². The van der Waals surface area contributed by atoms with Crippen LogP contribution in [0.2, 0.25) is 0 Å². The number of carbonyl (C=O) groups excluding carboxylic acids is 3. The van der Waals surface area contributed by atoms with Crippen molar-refractivity contribution in [3.05, 3.63) is 65.4 Å². The van der Waals surface area contributed by atoms with Crippen molar-refractivity contribution >= 4 is 34.4 Å². The molecule has 0 radical (unpaired) electrons. The van der Waals surface area contributed by atoms with Crippen LogP contribution in [0.4, 0.5) is 5.69 Å². The number of hydrogen-bond acceptors (Lipinski definition) is 5. The van der Waals surface area contributed by atoms with Crippen molar-refractivity contribution < 1.29 is 23.5 Å². The lowest BCUT2D eigenvalue weighted by Gasteiger charge is -2.08. The van der Waals surface area contributed by atoms with E-state index in [4.69, 9.17) is 9.15 Å². The van der Waals surface area contributed by atoms with Gasteiger partial charge in [0.05, 0.1) is 12.7 Å². The van der Waals surface area contributed by atoms with E-state index in [0.717, 1.165) is 23.0 Å². The minimum atomic E-state index is -0.526. The summed E-state index contributed by atoms with van der Waals surface area (Å²) in [7, 11) is 1.53. The number of fused-ring (bicyclic) bond motifs is 1. The number of furan rings is 1. The molecular formula is C22H22N2O5. The lowest BCUT2D eigenvalue weighted by atomic mass is 10.1. The van der Waals surface area contributed by atoms with Gasteiger partial charge in [-0.3, -0.25) is 14.4 Å². The van der Waals surface area contributed by atoms with E-state index in [1.165, 1.54) is 13.3 Å². The van der Waals surface area contributed by atoms with Crippen LogP contribution in [0.1, 0.15) is 28.4 Å². The predicted octanol–water partition coefficient (Wildman–Crippen LogP) is 3.08. The largest absolute Gasteiger partial charge is 0.464 e. The second-order valence-corrected chi connectivity index (χ2v) is 6.49. The van der Waals surface area contributed by atoms with Gasteiger partial charge in [-0.15, -0.1) is 0 Å². The summed E-state index contributed by atoms with van der Waals surface area (Å²) in [4.78, 5) is 35.8. The lowest BCUT2D eigenvalue weighted by molar-refractivity contribution is -0.146. The molecule has 29 heavy (non-hydrogen) atoms. The lowest BCUT2D eigenvalue weighted by Crippen LogP contribution is -2.22. The first-order valence-electron chi connectivity index (χ1n) is 9.26. The smallest absolute Gasteiger partial charge is 0.310 e. The molecular weight excluding hydrogens is 372 g/mol. The molecule has 2 N–H and O–H groups in total. The number of hydrogen-bond donors (Lipinski definition) is 2. The van der Waals surface area contributed by atoms with E-state index in [-0.39, 0.29) is 12.3 Å². The SMILES string of the molecule is CCc1ccc2c(CC(=O)OCC(=O)Nc3cccc(C(=O)NC)c3)coc2c1. The van der Waals surface area contributed by atoms with Crippen LogP contribution in [-0.4, -0.2) is 31.4 Å².